The minimum Gasteiger partial charge on any atom is -0.466 e. The number of pyridine rings is 2. The van der Waals surface area contributed by atoms with Crippen LogP contribution in [-0.2, 0) is 14.9 Å². The highest BCUT2D eigenvalue weighted by molar-refractivity contribution is 5.69. The topological polar surface area (TPSA) is 149 Å². The number of nitrogens with two attached hydrogens (primary N) is 1. The van der Waals surface area contributed by atoms with Gasteiger partial charge in [-0.3, -0.25) is 14.7 Å². The average molecular weight is 586 g/mol. The molecule has 2 fully saturated rings. The number of nitrogens with zero attached hydrogens (tertiary/aromatic N) is 8. The number of hydrogen-bond acceptors (Lipinski definition) is 12. The molecule has 1 saturated carbocycles. The van der Waals surface area contributed by atoms with E-state index in [0.29, 0.717) is 24.7 Å². The van der Waals surface area contributed by atoms with Gasteiger partial charge in [0.05, 0.1) is 29.7 Å². The van der Waals surface area contributed by atoms with E-state index < -0.39 is 0 Å². The zero-order chi connectivity index (χ0) is 30.2. The third-order valence-electron chi connectivity index (χ3n) is 7.97. The van der Waals surface area contributed by atoms with Gasteiger partial charge in [-0.25, -0.2) is 15.0 Å². The van der Waals surface area contributed by atoms with Gasteiger partial charge in [0.2, 0.25) is 5.95 Å². The van der Waals surface area contributed by atoms with Gasteiger partial charge in [0.1, 0.15) is 5.82 Å². The van der Waals surface area contributed by atoms with Crippen LogP contribution in [0.4, 0.5) is 11.8 Å². The van der Waals surface area contributed by atoms with Crippen LogP contribution in [0.15, 0.2) is 53.6 Å². The number of nitrogen functional groups attached to an aromatic ring is 1. The lowest BCUT2D eigenvalue weighted by molar-refractivity contribution is -0.143. The molecule has 43 heavy (non-hydrogen) atoms. The number of esters is 1. The summed E-state index contributed by atoms with van der Waals surface area (Å²) in [5.74, 6) is 2.13. The highest BCUT2D eigenvalue weighted by Crippen LogP contribution is 2.48. The van der Waals surface area contributed by atoms with Gasteiger partial charge in [-0.1, -0.05) is 31.5 Å². The molecule has 226 valence electrons. The first-order valence-electron chi connectivity index (χ1n) is 15.0. The monoisotopic (exact) mass is 585 g/mol. The van der Waals surface area contributed by atoms with Gasteiger partial charge in [-0.2, -0.15) is 4.98 Å². The maximum absolute atomic E-state index is 11.6. The first-order chi connectivity index (χ1) is 21.0. The van der Waals surface area contributed by atoms with Crippen LogP contribution in [0.2, 0.25) is 0 Å². The highest BCUT2D eigenvalue weighted by atomic mass is 16.5. The van der Waals surface area contributed by atoms with Crippen molar-refractivity contribution in [2.75, 3.05) is 50.0 Å². The number of piperazine rings is 1. The van der Waals surface area contributed by atoms with Crippen molar-refractivity contribution in [3.05, 3.63) is 60.4 Å². The molecule has 4 aromatic rings. The lowest BCUT2D eigenvalue weighted by Crippen LogP contribution is -2.47. The fourth-order valence-electron chi connectivity index (χ4n) is 5.41. The smallest absolute Gasteiger partial charge is 0.307 e. The third kappa shape index (κ3) is 6.64. The molecule has 0 aromatic carbocycles. The zero-order valence-electron chi connectivity index (χ0n) is 25.1. The third-order valence-corrected chi connectivity index (χ3v) is 7.97. The highest BCUT2D eigenvalue weighted by Gasteiger charge is 2.45. The summed E-state index contributed by atoms with van der Waals surface area (Å²) in [6.45, 7) is 10.4. The van der Waals surface area contributed by atoms with E-state index in [4.69, 9.17) is 20.0 Å². The van der Waals surface area contributed by atoms with Crippen LogP contribution in [0.3, 0.4) is 0 Å². The van der Waals surface area contributed by atoms with Crippen LogP contribution in [0.5, 0.6) is 0 Å². The summed E-state index contributed by atoms with van der Waals surface area (Å²) in [5, 5.41) is 4.39. The van der Waals surface area contributed by atoms with E-state index in [1.807, 2.05) is 45.2 Å². The van der Waals surface area contributed by atoms with Gasteiger partial charge < -0.3 is 19.9 Å². The predicted molar refractivity (Wildman–Crippen MR) is 163 cm³/mol. The van der Waals surface area contributed by atoms with E-state index >= 15 is 0 Å². The second-order valence-corrected chi connectivity index (χ2v) is 10.4. The van der Waals surface area contributed by atoms with Crippen LogP contribution in [0.25, 0.3) is 22.7 Å². The van der Waals surface area contributed by atoms with Crippen LogP contribution >= 0.6 is 0 Å². The summed E-state index contributed by atoms with van der Waals surface area (Å²) < 4.78 is 10.7. The summed E-state index contributed by atoms with van der Waals surface area (Å²) in [6, 6.07) is 8.01. The van der Waals surface area contributed by atoms with Gasteiger partial charge in [0.25, 0.3) is 5.89 Å². The summed E-state index contributed by atoms with van der Waals surface area (Å²) in [4.78, 5) is 38.4. The fourth-order valence-corrected chi connectivity index (χ4v) is 5.41. The van der Waals surface area contributed by atoms with Crippen molar-refractivity contribution >= 4 is 17.7 Å². The van der Waals surface area contributed by atoms with E-state index in [1.165, 1.54) is 0 Å². The van der Waals surface area contributed by atoms with Gasteiger partial charge in [-0.15, -0.1) is 0 Å². The van der Waals surface area contributed by atoms with Crippen LogP contribution in [-0.4, -0.2) is 80.3 Å². The van der Waals surface area contributed by atoms with Gasteiger partial charge in [0.15, 0.2) is 5.82 Å². The lowest BCUT2D eigenvalue weighted by Gasteiger charge is -2.39. The Balaban J connectivity index is 0.00000180. The largest absolute Gasteiger partial charge is 0.466 e. The molecule has 1 saturated heterocycles. The number of aromatic nitrogens is 6. The van der Waals surface area contributed by atoms with E-state index in [2.05, 4.69) is 41.0 Å². The Morgan fingerprint density at radius 1 is 0.953 bits per heavy atom. The Hall–Kier alpha value is -4.45. The standard InChI is InChI=1S/C29H33N9O3.C2H6/c1-2-40-25(39)8-11-37-12-14-38(15-13-37)24-7-4-20(16-32-24)26-35-27(36-41-26)29(9-3-10-29)22-5-6-23(31-19-22)21-17-33-28(30)34-18-21;1-2/h4-7,16-19H,2-3,8-15H2,1H3,(H2,30,33,34);1-2H3. The molecule has 2 N–H and O–H groups in total. The number of hydrogen-bond donors (Lipinski definition) is 1. The SMILES string of the molecule is CC.CCOC(=O)CCN1CCN(c2ccc(-c3nc(C4(c5ccc(-c6cnc(N)nc6)nc5)CCC4)no3)cn2)CC1. The van der Waals surface area contributed by atoms with Gasteiger partial charge in [0, 0.05) is 63.1 Å². The Morgan fingerprint density at radius 3 is 2.30 bits per heavy atom. The van der Waals surface area contributed by atoms with E-state index in [1.54, 1.807) is 18.6 Å². The molecule has 12 heteroatoms. The Bertz CT molecular complexity index is 1460. The normalized spacial score (nSPS) is 16.1. The zero-order valence-corrected chi connectivity index (χ0v) is 25.1. The number of carbonyl (C=O) groups excluding carboxylic acids is 1. The van der Waals surface area contributed by atoms with Gasteiger partial charge in [-0.05, 0) is 43.5 Å². The second-order valence-electron chi connectivity index (χ2n) is 10.4. The summed E-state index contributed by atoms with van der Waals surface area (Å²) in [6.07, 6.45) is 10.4. The lowest BCUT2D eigenvalue weighted by atomic mass is 9.64. The minimum absolute atomic E-state index is 0.140. The molecule has 6 rings (SSSR count). The maximum atomic E-state index is 11.6. The van der Waals surface area contributed by atoms with Gasteiger partial charge >= 0.3 is 5.97 Å². The molecule has 5 heterocycles. The Labute approximate surface area is 251 Å². The van der Waals surface area contributed by atoms with Crippen molar-refractivity contribution in [3.63, 3.8) is 0 Å². The van der Waals surface area contributed by atoms with Crippen molar-refractivity contribution in [2.45, 2.75) is 51.9 Å². The molecule has 0 spiro atoms. The molecule has 4 aromatic heterocycles. The van der Waals surface area contributed by atoms with Crippen LogP contribution in [0, 0.1) is 0 Å². The van der Waals surface area contributed by atoms with E-state index in [0.717, 1.165) is 80.2 Å². The van der Waals surface area contributed by atoms with Crippen molar-refractivity contribution in [1.29, 1.82) is 0 Å². The van der Waals surface area contributed by atoms with E-state index in [9.17, 15) is 4.79 Å². The van der Waals surface area contributed by atoms with Crippen molar-refractivity contribution < 1.29 is 14.1 Å². The van der Waals surface area contributed by atoms with E-state index in [-0.39, 0.29) is 17.3 Å². The fraction of sp³-hybridized carbons (Fsp3) is 0.452. The van der Waals surface area contributed by atoms with Crippen LogP contribution in [0.1, 0.15) is 57.8 Å². The molecule has 1 aliphatic carbocycles. The minimum atomic E-state index is -0.314. The number of anilines is 2. The quantitative estimate of drug-likeness (QED) is 0.281. The second kappa shape index (κ2) is 13.7. The Kier molecular flexibility index (Phi) is 9.55. The van der Waals surface area contributed by atoms with Crippen LogP contribution < -0.4 is 10.6 Å². The Morgan fingerprint density at radius 2 is 1.70 bits per heavy atom. The van der Waals surface area contributed by atoms with Crippen molar-refractivity contribution in [1.82, 2.24) is 35.0 Å². The first kappa shape index (κ1) is 30.0. The predicted octanol–water partition coefficient (Wildman–Crippen LogP) is 4.14. The molecule has 0 radical (unpaired) electrons. The molecule has 0 bridgehead atoms. The van der Waals surface area contributed by atoms with Crippen molar-refractivity contribution in [2.24, 2.45) is 0 Å². The number of carbonyl (C=O) groups is 1. The molecule has 0 amide bonds. The molecule has 12 nitrogen and oxygen atoms in total. The average Bonchev–Trinajstić information content (AvgIpc) is 3.52. The molecule has 1 aliphatic heterocycles. The molecule has 2 aliphatic rings. The summed E-state index contributed by atoms with van der Waals surface area (Å²) in [7, 11) is 0. The maximum Gasteiger partial charge on any atom is 0.307 e. The van der Waals surface area contributed by atoms with Crippen molar-refractivity contribution in [3.8, 4) is 22.7 Å². The number of rotatable bonds is 9. The molecule has 0 atom stereocenters. The summed E-state index contributed by atoms with van der Waals surface area (Å²) >= 11 is 0. The molecular weight excluding hydrogens is 546 g/mol. The first-order valence-corrected chi connectivity index (χ1v) is 15.0. The summed E-state index contributed by atoms with van der Waals surface area (Å²) in [5.41, 5.74) is 8.72. The molecular formula is C31H39N9O3. The molecule has 0 unspecified atom stereocenters. The number of ether oxygens (including phenoxy) is 1.